The largest absolute Gasteiger partial charge is 0.272 e. The first-order chi connectivity index (χ1) is 17.6. The average molecular weight is 553 g/mol. The highest BCUT2D eigenvalue weighted by Gasteiger charge is 2.19. The molecular formula is C28H27Cl2N5OS. The van der Waals surface area contributed by atoms with Crippen LogP contribution in [0.2, 0.25) is 10.0 Å². The van der Waals surface area contributed by atoms with Gasteiger partial charge in [-0.3, -0.25) is 9.36 Å². The van der Waals surface area contributed by atoms with E-state index in [0.717, 1.165) is 16.8 Å². The number of rotatable bonds is 7. The fraction of sp³-hybridized carbons (Fsp3) is 0.214. The van der Waals surface area contributed by atoms with Crippen molar-refractivity contribution >= 4 is 47.1 Å². The quantitative estimate of drug-likeness (QED) is 0.151. The zero-order valence-corrected chi connectivity index (χ0v) is 23.3. The second-order valence-corrected chi connectivity index (χ2v) is 11.3. The summed E-state index contributed by atoms with van der Waals surface area (Å²) < 4.78 is 1.97. The van der Waals surface area contributed by atoms with Gasteiger partial charge in [0.15, 0.2) is 11.0 Å². The number of hydrogen-bond donors (Lipinski definition) is 1. The number of hydrazone groups is 1. The number of carbonyl (C=O) groups is 1. The smallest absolute Gasteiger partial charge is 0.250 e. The van der Waals surface area contributed by atoms with Crippen molar-refractivity contribution in [3.8, 4) is 17.1 Å². The lowest BCUT2D eigenvalue weighted by molar-refractivity contribution is -0.118. The predicted octanol–water partition coefficient (Wildman–Crippen LogP) is 7.09. The van der Waals surface area contributed by atoms with Crippen LogP contribution in [0, 0.1) is 6.92 Å². The van der Waals surface area contributed by atoms with Crippen molar-refractivity contribution < 1.29 is 4.79 Å². The standard InChI is InChI=1S/C28H27Cl2N5OS/c1-18-8-14-22(15-9-18)35-26(19-10-12-21(13-11-19)28(2,3)4)33-34-27(35)37-17-24(36)32-31-16-20-6-5-7-23(29)25(20)30/h5-16H,17H2,1-4H3,(H,32,36)/b31-16+. The highest BCUT2D eigenvalue weighted by Crippen LogP contribution is 2.30. The van der Waals surface area contributed by atoms with Crippen molar-refractivity contribution in [2.24, 2.45) is 5.10 Å². The lowest BCUT2D eigenvalue weighted by atomic mass is 9.87. The molecule has 3 aromatic carbocycles. The zero-order valence-electron chi connectivity index (χ0n) is 21.0. The van der Waals surface area contributed by atoms with E-state index < -0.39 is 0 Å². The lowest BCUT2D eigenvalue weighted by Gasteiger charge is -2.19. The molecule has 0 aliphatic heterocycles. The normalized spacial score (nSPS) is 11.7. The molecule has 9 heteroatoms. The van der Waals surface area contributed by atoms with Gasteiger partial charge in [-0.1, -0.05) is 110 Å². The fourth-order valence-electron chi connectivity index (χ4n) is 3.55. The summed E-state index contributed by atoms with van der Waals surface area (Å²) in [4.78, 5) is 12.5. The van der Waals surface area contributed by atoms with Crippen LogP contribution >= 0.6 is 35.0 Å². The number of nitrogens with zero attached hydrogens (tertiary/aromatic N) is 4. The van der Waals surface area contributed by atoms with Gasteiger partial charge in [-0.25, -0.2) is 5.43 Å². The molecule has 0 spiro atoms. The van der Waals surface area contributed by atoms with Gasteiger partial charge in [-0.05, 0) is 36.1 Å². The minimum absolute atomic E-state index is 0.0537. The maximum absolute atomic E-state index is 12.5. The van der Waals surface area contributed by atoms with Crippen molar-refractivity contribution in [3.05, 3.63) is 93.5 Å². The Hall–Kier alpha value is -3.13. The molecule has 4 aromatic rings. The molecule has 1 heterocycles. The van der Waals surface area contributed by atoms with Crippen LogP contribution in [0.15, 0.2) is 77.0 Å². The molecule has 6 nitrogen and oxygen atoms in total. The Labute approximate surface area is 231 Å². The first-order valence-corrected chi connectivity index (χ1v) is 13.4. The van der Waals surface area contributed by atoms with Crippen LogP contribution in [0.1, 0.15) is 37.5 Å². The summed E-state index contributed by atoms with van der Waals surface area (Å²) in [6.45, 7) is 8.60. The molecule has 0 bridgehead atoms. The van der Waals surface area contributed by atoms with E-state index in [-0.39, 0.29) is 17.1 Å². The summed E-state index contributed by atoms with van der Waals surface area (Å²) in [7, 11) is 0. The number of carbonyl (C=O) groups excluding carboxylic acids is 1. The topological polar surface area (TPSA) is 72.2 Å². The first-order valence-electron chi connectivity index (χ1n) is 11.7. The first kappa shape index (κ1) is 26.9. The molecule has 1 aromatic heterocycles. The van der Waals surface area contributed by atoms with E-state index in [1.165, 1.54) is 23.5 Å². The third-order valence-corrected chi connectivity index (χ3v) is 7.40. The molecule has 0 atom stereocenters. The van der Waals surface area contributed by atoms with Crippen molar-refractivity contribution in [3.63, 3.8) is 0 Å². The molecule has 0 radical (unpaired) electrons. The minimum atomic E-state index is -0.283. The highest BCUT2D eigenvalue weighted by atomic mass is 35.5. The molecule has 190 valence electrons. The van der Waals surface area contributed by atoms with Gasteiger partial charge in [-0.15, -0.1) is 10.2 Å². The molecule has 0 aliphatic rings. The summed E-state index contributed by atoms with van der Waals surface area (Å²) in [6.07, 6.45) is 1.46. The van der Waals surface area contributed by atoms with Crippen molar-refractivity contribution in [1.82, 2.24) is 20.2 Å². The minimum Gasteiger partial charge on any atom is -0.272 e. The van der Waals surface area contributed by atoms with E-state index >= 15 is 0 Å². The molecule has 0 aliphatic carbocycles. The van der Waals surface area contributed by atoms with E-state index in [2.05, 4.69) is 65.8 Å². The number of aryl methyl sites for hydroxylation is 1. The van der Waals surface area contributed by atoms with Crippen molar-refractivity contribution in [2.45, 2.75) is 38.3 Å². The molecule has 1 N–H and O–H groups in total. The number of halogens is 2. The summed E-state index contributed by atoms with van der Waals surface area (Å²) in [5.74, 6) is 0.530. The average Bonchev–Trinajstić information content (AvgIpc) is 3.29. The molecule has 0 unspecified atom stereocenters. The third-order valence-electron chi connectivity index (χ3n) is 5.64. The van der Waals surface area contributed by atoms with Gasteiger partial charge < -0.3 is 0 Å². The third kappa shape index (κ3) is 6.60. The molecule has 0 fully saturated rings. The van der Waals surface area contributed by atoms with E-state index in [0.29, 0.717) is 26.6 Å². The molecule has 1 amide bonds. The molecule has 4 rings (SSSR count). The van der Waals surface area contributed by atoms with Crippen LogP contribution in [0.25, 0.3) is 17.1 Å². The molecule has 0 saturated carbocycles. The Kier molecular flexibility index (Phi) is 8.37. The van der Waals surface area contributed by atoms with Crippen molar-refractivity contribution in [1.29, 1.82) is 0 Å². The molecule has 0 saturated heterocycles. The van der Waals surface area contributed by atoms with Crippen LogP contribution in [-0.4, -0.2) is 32.6 Å². The van der Waals surface area contributed by atoms with Crippen LogP contribution in [0.5, 0.6) is 0 Å². The van der Waals surface area contributed by atoms with Gasteiger partial charge in [0.1, 0.15) is 0 Å². The van der Waals surface area contributed by atoms with Crippen LogP contribution in [-0.2, 0) is 10.2 Å². The van der Waals surface area contributed by atoms with E-state index in [1.54, 1.807) is 18.2 Å². The number of aromatic nitrogens is 3. The number of benzene rings is 3. The number of nitrogens with one attached hydrogen (secondary N) is 1. The zero-order chi connectivity index (χ0) is 26.6. The summed E-state index contributed by atoms with van der Waals surface area (Å²) in [6, 6.07) is 21.7. The van der Waals surface area contributed by atoms with E-state index in [9.17, 15) is 4.79 Å². The maximum Gasteiger partial charge on any atom is 0.250 e. The Morgan fingerprint density at radius 3 is 2.41 bits per heavy atom. The predicted molar refractivity (Wildman–Crippen MR) is 153 cm³/mol. The van der Waals surface area contributed by atoms with Crippen molar-refractivity contribution in [2.75, 3.05) is 5.75 Å². The summed E-state index contributed by atoms with van der Waals surface area (Å²) >= 11 is 13.5. The van der Waals surface area contributed by atoms with Gasteiger partial charge >= 0.3 is 0 Å². The molecule has 37 heavy (non-hydrogen) atoms. The van der Waals surface area contributed by atoms with E-state index in [4.69, 9.17) is 23.2 Å². The second kappa shape index (κ2) is 11.5. The number of thioether (sulfide) groups is 1. The summed E-state index contributed by atoms with van der Waals surface area (Å²) in [5.41, 5.74) is 7.45. The number of hydrogen-bond acceptors (Lipinski definition) is 5. The monoisotopic (exact) mass is 551 g/mol. The number of amides is 1. The van der Waals surface area contributed by atoms with E-state index in [1.807, 2.05) is 35.8 Å². The van der Waals surface area contributed by atoms with Gasteiger partial charge in [-0.2, -0.15) is 5.10 Å². The van der Waals surface area contributed by atoms with Crippen LogP contribution in [0.4, 0.5) is 0 Å². The van der Waals surface area contributed by atoms with Gasteiger partial charge in [0, 0.05) is 16.8 Å². The Morgan fingerprint density at radius 1 is 1.03 bits per heavy atom. The van der Waals surface area contributed by atoms with Crippen LogP contribution < -0.4 is 5.43 Å². The van der Waals surface area contributed by atoms with Gasteiger partial charge in [0.25, 0.3) is 5.91 Å². The summed E-state index contributed by atoms with van der Waals surface area (Å²) in [5, 5.41) is 14.3. The van der Waals surface area contributed by atoms with Crippen LogP contribution in [0.3, 0.4) is 0 Å². The Balaban J connectivity index is 1.54. The van der Waals surface area contributed by atoms with Gasteiger partial charge in [0.05, 0.1) is 22.0 Å². The Bertz CT molecular complexity index is 1420. The molecular weight excluding hydrogens is 525 g/mol. The second-order valence-electron chi connectivity index (χ2n) is 9.53. The lowest BCUT2D eigenvalue weighted by Crippen LogP contribution is -2.20. The maximum atomic E-state index is 12.5. The van der Waals surface area contributed by atoms with Gasteiger partial charge in [0.2, 0.25) is 0 Å². The SMILES string of the molecule is Cc1ccc(-n2c(SCC(=O)N/N=C/c3cccc(Cl)c3Cl)nnc2-c2ccc(C(C)(C)C)cc2)cc1. The highest BCUT2D eigenvalue weighted by molar-refractivity contribution is 7.99. The fourth-order valence-corrected chi connectivity index (χ4v) is 4.65. The Morgan fingerprint density at radius 2 is 1.73 bits per heavy atom.